The highest BCUT2D eigenvalue weighted by Crippen LogP contribution is 2.35. The number of furan rings is 1. The minimum absolute atomic E-state index is 0.193. The van der Waals surface area contributed by atoms with Gasteiger partial charge < -0.3 is 20.2 Å². The number of sulfonamides is 1. The Hall–Kier alpha value is -2.63. The first-order valence-corrected chi connectivity index (χ1v) is 10.1. The molecule has 144 valence electrons. The van der Waals surface area contributed by atoms with E-state index in [0.717, 1.165) is 27.4 Å². The van der Waals surface area contributed by atoms with Gasteiger partial charge in [0.05, 0.1) is 30.2 Å². The van der Waals surface area contributed by atoms with Gasteiger partial charge in [0.2, 0.25) is 10.0 Å². The lowest BCUT2D eigenvalue weighted by Gasteiger charge is -2.15. The summed E-state index contributed by atoms with van der Waals surface area (Å²) in [6, 6.07) is 6.34. The van der Waals surface area contributed by atoms with Gasteiger partial charge in [-0.25, -0.2) is 12.7 Å². The van der Waals surface area contributed by atoms with Crippen molar-refractivity contribution in [3.63, 3.8) is 0 Å². The third-order valence-corrected chi connectivity index (χ3v) is 6.09. The topological polar surface area (TPSA) is 121 Å². The van der Waals surface area contributed by atoms with E-state index >= 15 is 0 Å². The number of phenolic OH excluding ortho intramolecular Hbond substituents is 1. The van der Waals surface area contributed by atoms with Crippen molar-refractivity contribution in [2.45, 2.75) is 18.4 Å². The molecule has 0 bridgehead atoms. The summed E-state index contributed by atoms with van der Waals surface area (Å²) < 4.78 is 39.4. The molecule has 9 nitrogen and oxygen atoms in total. The van der Waals surface area contributed by atoms with Gasteiger partial charge in [0.25, 0.3) is 0 Å². The Bertz CT molecular complexity index is 1040. The van der Waals surface area contributed by atoms with Crippen molar-refractivity contribution >= 4 is 39.1 Å². The third kappa shape index (κ3) is 4.04. The number of benzene rings is 1. The largest absolute Gasteiger partial charge is 0.504 e. The average molecular weight is 409 g/mol. The molecular weight excluding hydrogens is 390 g/mol. The highest BCUT2D eigenvalue weighted by Gasteiger charge is 2.23. The Kier molecular flexibility index (Phi) is 5.35. The van der Waals surface area contributed by atoms with Gasteiger partial charge >= 0.3 is 0 Å². The quantitative estimate of drug-likeness (QED) is 0.510. The summed E-state index contributed by atoms with van der Waals surface area (Å²) in [7, 11) is -0.980. The van der Waals surface area contributed by atoms with Gasteiger partial charge in [-0.2, -0.15) is 8.75 Å². The molecule has 0 radical (unpaired) electrons. The summed E-state index contributed by atoms with van der Waals surface area (Å²) in [5.41, 5.74) is 1.23. The molecule has 0 saturated carbocycles. The zero-order valence-electron chi connectivity index (χ0n) is 14.9. The van der Waals surface area contributed by atoms with Crippen LogP contribution in [0.4, 0.5) is 17.3 Å². The minimum Gasteiger partial charge on any atom is -0.504 e. The van der Waals surface area contributed by atoms with Crippen LogP contribution in [0.25, 0.3) is 0 Å². The Morgan fingerprint density at radius 2 is 2.00 bits per heavy atom. The number of aromatic hydroxyl groups is 1. The number of hydrogen-bond acceptors (Lipinski definition) is 9. The third-order valence-electron chi connectivity index (χ3n) is 3.71. The molecule has 0 saturated heterocycles. The fourth-order valence-corrected chi connectivity index (χ4v) is 3.78. The second-order valence-corrected chi connectivity index (χ2v) is 8.62. The second kappa shape index (κ2) is 7.55. The normalized spacial score (nSPS) is 11.7. The van der Waals surface area contributed by atoms with Crippen molar-refractivity contribution in [3.05, 3.63) is 41.9 Å². The number of rotatable bonds is 7. The van der Waals surface area contributed by atoms with Crippen LogP contribution in [-0.2, 0) is 16.6 Å². The molecule has 0 fully saturated rings. The van der Waals surface area contributed by atoms with Crippen molar-refractivity contribution < 1.29 is 17.9 Å². The first-order chi connectivity index (χ1) is 12.8. The number of aryl methyl sites for hydroxylation is 1. The summed E-state index contributed by atoms with van der Waals surface area (Å²) in [6.07, 6.45) is 1.66. The summed E-state index contributed by atoms with van der Waals surface area (Å²) in [4.78, 5) is -0.193. The first-order valence-electron chi connectivity index (χ1n) is 7.91. The van der Waals surface area contributed by atoms with Crippen LogP contribution >= 0.6 is 11.7 Å². The minimum atomic E-state index is -3.78. The number of nitrogens with zero attached hydrogens (tertiary/aromatic N) is 3. The molecule has 0 atom stereocenters. The maximum absolute atomic E-state index is 12.3. The Labute approximate surface area is 161 Å². The number of nitrogens with one attached hydrogen (secondary N) is 2. The van der Waals surface area contributed by atoms with Crippen LogP contribution in [0.3, 0.4) is 0 Å². The van der Waals surface area contributed by atoms with Crippen LogP contribution in [0.5, 0.6) is 5.75 Å². The standard InChI is InChI=1S/C16H19N5O4S2/c1-10-7-11(25-9-10)8-17-15-16(20-26-19-15)18-12-5-4-6-13(14(12)22)27(23,24)21(2)3/h4-7,9,22H,8H2,1-3H3,(H,17,19)(H,18,20). The monoisotopic (exact) mass is 409 g/mol. The molecule has 3 rings (SSSR count). The zero-order valence-corrected chi connectivity index (χ0v) is 16.6. The number of aromatic nitrogens is 2. The van der Waals surface area contributed by atoms with Crippen LogP contribution in [0.1, 0.15) is 11.3 Å². The molecule has 11 heteroatoms. The molecule has 2 aromatic heterocycles. The summed E-state index contributed by atoms with van der Waals surface area (Å²) >= 11 is 0.983. The van der Waals surface area contributed by atoms with E-state index in [1.54, 1.807) is 12.3 Å². The van der Waals surface area contributed by atoms with Crippen molar-refractivity contribution in [2.24, 2.45) is 0 Å². The molecule has 2 heterocycles. The lowest BCUT2D eigenvalue weighted by molar-refractivity contribution is 0.454. The van der Waals surface area contributed by atoms with Crippen LogP contribution in [-0.4, -0.2) is 40.7 Å². The van der Waals surface area contributed by atoms with E-state index in [-0.39, 0.29) is 16.3 Å². The van der Waals surface area contributed by atoms with E-state index in [1.165, 1.54) is 26.2 Å². The van der Waals surface area contributed by atoms with Crippen molar-refractivity contribution in [3.8, 4) is 5.75 Å². The van der Waals surface area contributed by atoms with Crippen LogP contribution in [0.2, 0.25) is 0 Å². The van der Waals surface area contributed by atoms with Gasteiger partial charge in [-0.3, -0.25) is 0 Å². The maximum atomic E-state index is 12.3. The first kappa shape index (κ1) is 19.1. The van der Waals surface area contributed by atoms with Gasteiger partial charge in [0.15, 0.2) is 17.4 Å². The van der Waals surface area contributed by atoms with Gasteiger partial charge in [-0.15, -0.1) is 0 Å². The maximum Gasteiger partial charge on any atom is 0.246 e. The molecule has 3 N–H and O–H groups in total. The van der Waals surface area contributed by atoms with E-state index < -0.39 is 10.0 Å². The van der Waals surface area contributed by atoms with Crippen molar-refractivity contribution in [2.75, 3.05) is 24.7 Å². The molecule has 0 spiro atoms. The van der Waals surface area contributed by atoms with Crippen LogP contribution in [0.15, 0.2) is 39.8 Å². The summed E-state index contributed by atoms with van der Waals surface area (Å²) in [6.45, 7) is 2.34. The van der Waals surface area contributed by atoms with Crippen LogP contribution in [0, 0.1) is 6.92 Å². The Morgan fingerprint density at radius 1 is 1.26 bits per heavy atom. The van der Waals surface area contributed by atoms with E-state index in [4.69, 9.17) is 4.42 Å². The van der Waals surface area contributed by atoms with E-state index in [1.807, 2.05) is 13.0 Å². The van der Waals surface area contributed by atoms with Crippen molar-refractivity contribution in [1.29, 1.82) is 0 Å². The molecule has 0 aliphatic rings. The van der Waals surface area contributed by atoms with Gasteiger partial charge in [0, 0.05) is 14.1 Å². The second-order valence-electron chi connectivity index (χ2n) is 5.97. The molecule has 0 aliphatic heterocycles. The highest BCUT2D eigenvalue weighted by molar-refractivity contribution is 7.89. The summed E-state index contributed by atoms with van der Waals surface area (Å²) in [5.74, 6) is 1.20. The highest BCUT2D eigenvalue weighted by atomic mass is 32.2. The SMILES string of the molecule is Cc1coc(CNc2nsnc2Nc2cccc(S(=O)(=O)N(C)C)c2O)c1. The number of anilines is 3. The van der Waals surface area contributed by atoms with Gasteiger partial charge in [-0.05, 0) is 30.7 Å². The molecule has 27 heavy (non-hydrogen) atoms. The number of hydrogen-bond donors (Lipinski definition) is 3. The predicted molar refractivity (Wildman–Crippen MR) is 103 cm³/mol. The fourth-order valence-electron chi connectivity index (χ4n) is 2.30. The fraction of sp³-hybridized carbons (Fsp3) is 0.250. The van der Waals surface area contributed by atoms with Crippen LogP contribution < -0.4 is 10.6 Å². The Morgan fingerprint density at radius 3 is 2.67 bits per heavy atom. The average Bonchev–Trinajstić information content (AvgIpc) is 3.23. The van der Waals surface area contributed by atoms with E-state index in [9.17, 15) is 13.5 Å². The Balaban J connectivity index is 1.82. The van der Waals surface area contributed by atoms with E-state index in [2.05, 4.69) is 19.4 Å². The molecule has 0 unspecified atom stereocenters. The number of para-hydroxylation sites is 1. The molecule has 0 aliphatic carbocycles. The molecule has 0 amide bonds. The number of phenols is 1. The van der Waals surface area contributed by atoms with Gasteiger partial charge in [0.1, 0.15) is 10.7 Å². The molecular formula is C16H19N5O4S2. The lowest BCUT2D eigenvalue weighted by atomic mass is 10.3. The molecule has 1 aromatic carbocycles. The van der Waals surface area contributed by atoms with Gasteiger partial charge in [-0.1, -0.05) is 6.07 Å². The lowest BCUT2D eigenvalue weighted by Crippen LogP contribution is -2.22. The zero-order chi connectivity index (χ0) is 19.6. The molecule has 3 aromatic rings. The smallest absolute Gasteiger partial charge is 0.246 e. The summed E-state index contributed by atoms with van der Waals surface area (Å²) in [5, 5.41) is 16.4. The predicted octanol–water partition coefficient (Wildman–Crippen LogP) is 2.75. The van der Waals surface area contributed by atoms with Crippen molar-refractivity contribution in [1.82, 2.24) is 13.1 Å². The van der Waals surface area contributed by atoms with E-state index in [0.29, 0.717) is 18.2 Å².